The molecule has 1 aromatic carbocycles. The summed E-state index contributed by atoms with van der Waals surface area (Å²) < 4.78 is 21.2. The topological polar surface area (TPSA) is 39.1 Å². The Morgan fingerprint density at radius 2 is 2.05 bits per heavy atom. The van der Waals surface area contributed by atoms with E-state index in [4.69, 9.17) is 4.74 Å². The molecule has 0 aliphatic rings. The minimum Gasteiger partial charge on any atom is -0.453 e. The molecule has 1 heterocycles. The van der Waals surface area contributed by atoms with Gasteiger partial charge in [0.15, 0.2) is 5.75 Å². The molecular formula is C15H20FN3O. The van der Waals surface area contributed by atoms with Crippen LogP contribution in [0.1, 0.15) is 29.9 Å². The molecule has 0 aliphatic carbocycles. The Bertz CT molecular complexity index is 622. The molecule has 108 valence electrons. The van der Waals surface area contributed by atoms with E-state index in [1.807, 2.05) is 34.9 Å². The molecule has 1 N–H and O–H groups in total. The number of hydrogen-bond donors (Lipinski definition) is 1. The third-order valence-electron chi connectivity index (χ3n) is 3.53. The van der Waals surface area contributed by atoms with Gasteiger partial charge in [-0.05, 0) is 46.0 Å². The number of hydrogen-bond acceptors (Lipinski definition) is 3. The highest BCUT2D eigenvalue weighted by molar-refractivity contribution is 5.42. The van der Waals surface area contributed by atoms with Crippen LogP contribution in [0, 0.1) is 19.7 Å². The molecule has 4 nitrogen and oxygen atoms in total. The number of benzene rings is 1. The second-order valence-corrected chi connectivity index (χ2v) is 4.92. The Kier molecular flexibility index (Phi) is 4.09. The van der Waals surface area contributed by atoms with Crippen LogP contribution in [-0.2, 0) is 7.05 Å². The van der Waals surface area contributed by atoms with Crippen LogP contribution in [0.4, 0.5) is 4.39 Å². The van der Waals surface area contributed by atoms with E-state index in [2.05, 4.69) is 10.4 Å². The lowest BCUT2D eigenvalue weighted by molar-refractivity contribution is 0.456. The van der Waals surface area contributed by atoms with Crippen LogP contribution in [0.15, 0.2) is 18.2 Å². The number of rotatable bonds is 4. The van der Waals surface area contributed by atoms with Crippen molar-refractivity contribution in [2.45, 2.75) is 26.8 Å². The highest BCUT2D eigenvalue weighted by atomic mass is 19.1. The van der Waals surface area contributed by atoms with E-state index in [9.17, 15) is 4.39 Å². The largest absolute Gasteiger partial charge is 0.453 e. The van der Waals surface area contributed by atoms with Gasteiger partial charge in [0.1, 0.15) is 17.3 Å². The average Bonchev–Trinajstić information content (AvgIpc) is 2.66. The molecular weight excluding hydrogens is 257 g/mol. The molecule has 1 atom stereocenters. The summed E-state index contributed by atoms with van der Waals surface area (Å²) in [7, 11) is 3.71. The predicted octanol–water partition coefficient (Wildman–Crippen LogP) is 3.25. The molecule has 5 heteroatoms. The number of ether oxygens (including phenoxy) is 1. The zero-order valence-electron chi connectivity index (χ0n) is 12.5. The molecule has 20 heavy (non-hydrogen) atoms. The predicted molar refractivity (Wildman–Crippen MR) is 76.6 cm³/mol. The molecule has 0 amide bonds. The van der Waals surface area contributed by atoms with Crippen LogP contribution in [0.25, 0.3) is 0 Å². The molecule has 2 aromatic rings. The van der Waals surface area contributed by atoms with Crippen molar-refractivity contribution < 1.29 is 9.13 Å². The maximum Gasteiger partial charge on any atom is 0.171 e. The van der Waals surface area contributed by atoms with E-state index in [0.29, 0.717) is 5.75 Å². The lowest BCUT2D eigenvalue weighted by Crippen LogP contribution is -2.13. The number of aryl methyl sites for hydroxylation is 2. The Labute approximate surface area is 118 Å². The molecule has 0 fully saturated rings. The maximum absolute atomic E-state index is 13.4. The third-order valence-corrected chi connectivity index (χ3v) is 3.53. The number of aromatic nitrogens is 2. The number of nitrogens with zero attached hydrogens (tertiary/aromatic N) is 2. The number of nitrogens with one attached hydrogen (secondary N) is 1. The first-order valence-electron chi connectivity index (χ1n) is 6.58. The molecule has 0 bridgehead atoms. The summed E-state index contributed by atoms with van der Waals surface area (Å²) in [6.45, 7) is 5.80. The van der Waals surface area contributed by atoms with E-state index in [1.165, 1.54) is 12.1 Å². The summed E-state index contributed by atoms with van der Waals surface area (Å²) in [4.78, 5) is 0. The van der Waals surface area contributed by atoms with E-state index >= 15 is 0 Å². The second-order valence-electron chi connectivity index (χ2n) is 4.92. The molecule has 1 aromatic heterocycles. The van der Waals surface area contributed by atoms with Gasteiger partial charge in [-0.15, -0.1) is 0 Å². The van der Waals surface area contributed by atoms with Crippen molar-refractivity contribution in [3.05, 3.63) is 41.0 Å². The molecule has 0 aliphatic heterocycles. The number of halogens is 1. The first-order valence-corrected chi connectivity index (χ1v) is 6.58. The van der Waals surface area contributed by atoms with Crippen molar-refractivity contribution in [3.8, 4) is 11.5 Å². The van der Waals surface area contributed by atoms with Crippen molar-refractivity contribution in [2.75, 3.05) is 7.05 Å². The zero-order valence-corrected chi connectivity index (χ0v) is 12.5. The SMILES string of the molecule is CNC(C)c1cc(F)ccc1Oc1c(C)nn(C)c1C. The van der Waals surface area contributed by atoms with Crippen LogP contribution in [0.3, 0.4) is 0 Å². The van der Waals surface area contributed by atoms with E-state index < -0.39 is 0 Å². The molecule has 0 saturated carbocycles. The second kappa shape index (κ2) is 5.63. The molecule has 0 spiro atoms. The van der Waals surface area contributed by atoms with Gasteiger partial charge in [-0.1, -0.05) is 0 Å². The minimum absolute atomic E-state index is 0.00187. The summed E-state index contributed by atoms with van der Waals surface area (Å²) in [5, 5.41) is 7.42. The average molecular weight is 277 g/mol. The summed E-state index contributed by atoms with van der Waals surface area (Å²) in [6, 6.07) is 4.56. The normalized spacial score (nSPS) is 12.5. The van der Waals surface area contributed by atoms with Crippen molar-refractivity contribution in [3.63, 3.8) is 0 Å². The maximum atomic E-state index is 13.4. The van der Waals surface area contributed by atoms with Gasteiger partial charge in [-0.3, -0.25) is 4.68 Å². The first-order chi connectivity index (χ1) is 9.43. The van der Waals surface area contributed by atoms with Crippen LogP contribution in [-0.4, -0.2) is 16.8 Å². The summed E-state index contributed by atoms with van der Waals surface area (Å²) in [5.41, 5.74) is 2.54. The lowest BCUT2D eigenvalue weighted by Gasteiger charge is -2.16. The smallest absolute Gasteiger partial charge is 0.171 e. The highest BCUT2D eigenvalue weighted by Gasteiger charge is 2.16. The quantitative estimate of drug-likeness (QED) is 0.932. The minimum atomic E-state index is -0.269. The standard InChI is InChI=1S/C15H20FN3O/c1-9(17-4)13-8-12(16)6-7-14(13)20-15-10(2)18-19(5)11(15)3/h6-9,17H,1-5H3. The lowest BCUT2D eigenvalue weighted by atomic mass is 10.1. The van der Waals surface area contributed by atoms with Crippen molar-refractivity contribution in [2.24, 2.45) is 7.05 Å². The summed E-state index contributed by atoms with van der Waals surface area (Å²) in [5.74, 6) is 1.10. The van der Waals surface area contributed by atoms with Gasteiger partial charge in [-0.2, -0.15) is 5.10 Å². The fourth-order valence-electron chi connectivity index (χ4n) is 2.12. The third kappa shape index (κ3) is 2.67. The van der Waals surface area contributed by atoms with Crippen LogP contribution in [0.2, 0.25) is 0 Å². The van der Waals surface area contributed by atoms with Crippen molar-refractivity contribution >= 4 is 0 Å². The molecule has 1 unspecified atom stereocenters. The Morgan fingerprint density at radius 1 is 1.35 bits per heavy atom. The van der Waals surface area contributed by atoms with Gasteiger partial charge >= 0.3 is 0 Å². The van der Waals surface area contributed by atoms with E-state index in [1.54, 1.807) is 10.7 Å². The molecule has 0 radical (unpaired) electrons. The van der Waals surface area contributed by atoms with Gasteiger partial charge < -0.3 is 10.1 Å². The van der Waals surface area contributed by atoms with E-state index in [-0.39, 0.29) is 11.9 Å². The van der Waals surface area contributed by atoms with Crippen LogP contribution >= 0.6 is 0 Å². The van der Waals surface area contributed by atoms with Gasteiger partial charge in [0, 0.05) is 18.7 Å². The highest BCUT2D eigenvalue weighted by Crippen LogP contribution is 2.33. The van der Waals surface area contributed by atoms with Crippen LogP contribution in [0.5, 0.6) is 11.5 Å². The fourth-order valence-corrected chi connectivity index (χ4v) is 2.12. The Hall–Kier alpha value is -1.88. The monoisotopic (exact) mass is 277 g/mol. The van der Waals surface area contributed by atoms with Gasteiger partial charge in [0.2, 0.25) is 0 Å². The Morgan fingerprint density at radius 3 is 2.60 bits per heavy atom. The fraction of sp³-hybridized carbons (Fsp3) is 0.400. The molecule has 0 saturated heterocycles. The van der Waals surface area contributed by atoms with Gasteiger partial charge in [-0.25, -0.2) is 4.39 Å². The van der Waals surface area contributed by atoms with Crippen molar-refractivity contribution in [1.29, 1.82) is 0 Å². The zero-order chi connectivity index (χ0) is 14.9. The first kappa shape index (κ1) is 14.5. The summed E-state index contributed by atoms with van der Waals surface area (Å²) >= 11 is 0. The van der Waals surface area contributed by atoms with E-state index in [0.717, 1.165) is 22.7 Å². The van der Waals surface area contributed by atoms with Gasteiger partial charge in [0.05, 0.1) is 5.69 Å². The Balaban J connectivity index is 2.43. The summed E-state index contributed by atoms with van der Waals surface area (Å²) in [6.07, 6.45) is 0. The molecule has 2 rings (SSSR count). The van der Waals surface area contributed by atoms with Gasteiger partial charge in [0.25, 0.3) is 0 Å². The van der Waals surface area contributed by atoms with Crippen LogP contribution < -0.4 is 10.1 Å². The van der Waals surface area contributed by atoms with Crippen molar-refractivity contribution in [1.82, 2.24) is 15.1 Å².